The molecule has 7 heteroatoms. The molecule has 0 aliphatic heterocycles. The van der Waals surface area contributed by atoms with Crippen LogP contribution in [0.25, 0.3) is 36.5 Å². The van der Waals surface area contributed by atoms with Crippen LogP contribution in [0.15, 0.2) is 309 Å². The van der Waals surface area contributed by atoms with E-state index in [-0.39, 0.29) is 0 Å². The SMILES string of the molecule is C(=C\c1ccc(Nc2ccccc2)cc1Nc1ccccc1)/c1ccc(N(c2ccc(/C=C/c3ccc(Nc4ccccc4)cc3Nc3ccccc3)cc2)c2ccc(/C=C/c3ccc(Nc4ccccc4)cc3Nc3ccccc3)cc2)cc1. The van der Waals surface area contributed by atoms with Gasteiger partial charge in [-0.25, -0.2) is 0 Å². The van der Waals surface area contributed by atoms with Gasteiger partial charge in [0.1, 0.15) is 0 Å². The zero-order valence-electron chi connectivity index (χ0n) is 46.9. The molecule has 7 nitrogen and oxygen atoms in total. The van der Waals surface area contributed by atoms with Gasteiger partial charge in [0.15, 0.2) is 0 Å². The first-order chi connectivity index (χ1) is 42.0. The highest BCUT2D eigenvalue weighted by molar-refractivity contribution is 5.87. The summed E-state index contributed by atoms with van der Waals surface area (Å²) in [5, 5.41) is 21.7. The number of nitrogens with one attached hydrogen (secondary N) is 6. The maximum absolute atomic E-state index is 3.66. The zero-order valence-corrected chi connectivity index (χ0v) is 46.9. The average Bonchev–Trinajstić information content (AvgIpc) is 3.75. The second-order valence-electron chi connectivity index (χ2n) is 20.5. The molecule has 0 radical (unpaired) electrons. The van der Waals surface area contributed by atoms with Crippen molar-refractivity contribution in [2.45, 2.75) is 0 Å². The molecule has 0 aliphatic carbocycles. The van der Waals surface area contributed by atoms with E-state index in [2.05, 4.69) is 273 Å². The molecule has 0 spiro atoms. The van der Waals surface area contributed by atoms with Crippen LogP contribution < -0.4 is 36.8 Å². The molecule has 12 aromatic rings. The smallest absolute Gasteiger partial charge is 0.0478 e. The molecule has 12 rings (SSSR count). The normalized spacial score (nSPS) is 11.2. The number of rotatable bonds is 21. The summed E-state index contributed by atoms with van der Waals surface area (Å²) < 4.78 is 0. The van der Waals surface area contributed by atoms with Crippen LogP contribution in [-0.4, -0.2) is 0 Å². The third-order valence-electron chi connectivity index (χ3n) is 14.3. The van der Waals surface area contributed by atoms with E-state index in [1.54, 1.807) is 0 Å². The quantitative estimate of drug-likeness (QED) is 0.0401. The van der Waals surface area contributed by atoms with Crippen molar-refractivity contribution in [1.82, 2.24) is 0 Å². The Morgan fingerprint density at radius 2 is 0.412 bits per heavy atom. The molecular formula is C78H63N7. The van der Waals surface area contributed by atoms with Crippen molar-refractivity contribution in [2.24, 2.45) is 0 Å². The van der Waals surface area contributed by atoms with Gasteiger partial charge in [0.05, 0.1) is 0 Å². The van der Waals surface area contributed by atoms with E-state index in [9.17, 15) is 0 Å². The Balaban J connectivity index is 0.833. The molecule has 0 aliphatic rings. The van der Waals surface area contributed by atoms with E-state index in [1.165, 1.54) is 0 Å². The molecule has 0 heterocycles. The lowest BCUT2D eigenvalue weighted by atomic mass is 10.1. The number of benzene rings is 12. The third-order valence-corrected chi connectivity index (χ3v) is 14.3. The monoisotopic (exact) mass is 1100 g/mol. The maximum atomic E-state index is 3.66. The number of nitrogens with zero attached hydrogens (tertiary/aromatic N) is 1. The first-order valence-electron chi connectivity index (χ1n) is 28.5. The summed E-state index contributed by atoms with van der Waals surface area (Å²) in [6.07, 6.45) is 13.1. The van der Waals surface area contributed by atoms with Gasteiger partial charge in [-0.1, -0.05) is 200 Å². The summed E-state index contributed by atoms with van der Waals surface area (Å²) in [6.45, 7) is 0. The van der Waals surface area contributed by atoms with Crippen molar-refractivity contribution >= 4 is 122 Å². The van der Waals surface area contributed by atoms with Gasteiger partial charge in [-0.05, 0) is 179 Å². The number of para-hydroxylation sites is 6. The lowest BCUT2D eigenvalue weighted by Gasteiger charge is -2.26. The van der Waals surface area contributed by atoms with E-state index in [0.29, 0.717) is 0 Å². The van der Waals surface area contributed by atoms with Crippen molar-refractivity contribution in [1.29, 1.82) is 0 Å². The van der Waals surface area contributed by atoms with Crippen LogP contribution in [0.2, 0.25) is 0 Å². The van der Waals surface area contributed by atoms with Crippen molar-refractivity contribution in [2.75, 3.05) is 36.8 Å². The molecule has 0 saturated heterocycles. The molecule has 410 valence electrons. The van der Waals surface area contributed by atoms with Gasteiger partial charge < -0.3 is 36.8 Å². The molecule has 0 fully saturated rings. The predicted molar refractivity (Wildman–Crippen MR) is 366 cm³/mol. The molecule has 0 atom stereocenters. The highest BCUT2D eigenvalue weighted by atomic mass is 15.1. The Kier molecular flexibility index (Phi) is 17.1. The van der Waals surface area contributed by atoms with Gasteiger partial charge in [-0.15, -0.1) is 0 Å². The average molecular weight is 1100 g/mol. The minimum atomic E-state index is 0.999. The van der Waals surface area contributed by atoms with E-state index in [1.807, 2.05) is 109 Å². The van der Waals surface area contributed by atoms with Gasteiger partial charge in [-0.2, -0.15) is 0 Å². The second kappa shape index (κ2) is 26.8. The molecule has 0 aromatic heterocycles. The van der Waals surface area contributed by atoms with Crippen LogP contribution in [0.3, 0.4) is 0 Å². The van der Waals surface area contributed by atoms with Crippen molar-refractivity contribution < 1.29 is 0 Å². The topological polar surface area (TPSA) is 75.4 Å². The minimum absolute atomic E-state index is 0.999. The summed E-state index contributed by atoms with van der Waals surface area (Å²) in [6, 6.07) is 107. The van der Waals surface area contributed by atoms with E-state index in [4.69, 9.17) is 0 Å². The number of hydrogen-bond donors (Lipinski definition) is 6. The Bertz CT molecular complexity index is 3740. The maximum Gasteiger partial charge on any atom is 0.0478 e. The van der Waals surface area contributed by atoms with Gasteiger partial charge in [0, 0.05) is 85.3 Å². The largest absolute Gasteiger partial charge is 0.355 e. The molecular weight excluding hydrogens is 1030 g/mol. The summed E-state index contributed by atoms with van der Waals surface area (Å²) in [5.74, 6) is 0. The Morgan fingerprint density at radius 3 is 0.647 bits per heavy atom. The van der Waals surface area contributed by atoms with Crippen LogP contribution in [0.1, 0.15) is 33.4 Å². The number of anilines is 15. The molecule has 0 saturated carbocycles. The summed E-state index contributed by atoms with van der Waals surface area (Å²) in [7, 11) is 0. The highest BCUT2D eigenvalue weighted by Crippen LogP contribution is 2.37. The van der Waals surface area contributed by atoms with Crippen LogP contribution in [-0.2, 0) is 0 Å². The van der Waals surface area contributed by atoms with E-state index < -0.39 is 0 Å². The highest BCUT2D eigenvalue weighted by Gasteiger charge is 2.14. The standard InChI is InChI=1S/C78H63N7/c1-7-19-64(20-8-1)79-70-46-43-61(76(55-70)82-67-25-13-4-14-26-67)40-31-58-34-49-73(50-35-58)85(74-51-36-59(37-52-74)32-41-62-44-47-71(80-65-21-9-2-10-22-65)56-77(62)83-68-27-15-5-16-28-68)75-53-38-60(39-54-75)33-42-63-45-48-72(81-66-23-11-3-12-24-66)57-78(63)84-69-29-17-6-18-30-69/h1-57,79-84H/b40-31+,41-32+,42-33+. The Morgan fingerprint density at radius 1 is 0.188 bits per heavy atom. The van der Waals surface area contributed by atoms with Crippen molar-refractivity contribution in [3.8, 4) is 0 Å². The molecule has 85 heavy (non-hydrogen) atoms. The first kappa shape index (κ1) is 54.1. The molecule has 0 unspecified atom stereocenters. The van der Waals surface area contributed by atoms with Gasteiger partial charge >= 0.3 is 0 Å². The Labute approximate surface area is 498 Å². The summed E-state index contributed by atoms with van der Waals surface area (Å²) in [4.78, 5) is 2.32. The fraction of sp³-hybridized carbons (Fsp3) is 0. The third kappa shape index (κ3) is 14.7. The van der Waals surface area contributed by atoms with Crippen LogP contribution >= 0.6 is 0 Å². The first-order valence-corrected chi connectivity index (χ1v) is 28.5. The fourth-order valence-corrected chi connectivity index (χ4v) is 9.97. The molecule has 6 N–H and O–H groups in total. The van der Waals surface area contributed by atoms with E-state index >= 15 is 0 Å². The van der Waals surface area contributed by atoms with Crippen LogP contribution in [0.4, 0.5) is 85.3 Å². The van der Waals surface area contributed by atoms with Crippen molar-refractivity contribution in [3.05, 3.63) is 343 Å². The second-order valence-corrected chi connectivity index (χ2v) is 20.5. The van der Waals surface area contributed by atoms with Gasteiger partial charge in [0.2, 0.25) is 0 Å². The van der Waals surface area contributed by atoms with Crippen LogP contribution in [0.5, 0.6) is 0 Å². The van der Waals surface area contributed by atoms with E-state index in [0.717, 1.165) is 119 Å². The summed E-state index contributed by atoms with van der Waals surface area (Å²) in [5.41, 5.74) is 21.7. The lowest BCUT2D eigenvalue weighted by molar-refractivity contribution is 1.28. The number of hydrogen-bond acceptors (Lipinski definition) is 7. The van der Waals surface area contributed by atoms with Crippen molar-refractivity contribution in [3.63, 3.8) is 0 Å². The van der Waals surface area contributed by atoms with Crippen LogP contribution in [0, 0.1) is 0 Å². The molecule has 0 amide bonds. The summed E-state index contributed by atoms with van der Waals surface area (Å²) >= 11 is 0. The van der Waals surface area contributed by atoms with Gasteiger partial charge in [-0.3, -0.25) is 0 Å². The predicted octanol–water partition coefficient (Wildman–Crippen LogP) is 22.1. The lowest BCUT2D eigenvalue weighted by Crippen LogP contribution is -2.09. The zero-order chi connectivity index (χ0) is 57.2. The Hall–Kier alpha value is -11.5. The minimum Gasteiger partial charge on any atom is -0.355 e. The molecule has 12 aromatic carbocycles. The fourth-order valence-electron chi connectivity index (χ4n) is 9.97. The van der Waals surface area contributed by atoms with Gasteiger partial charge in [0.25, 0.3) is 0 Å². The molecule has 0 bridgehead atoms.